The molecule has 0 aromatic heterocycles. The van der Waals surface area contributed by atoms with Crippen molar-refractivity contribution < 1.29 is 84.3 Å². The molecule has 9 amide bonds. The van der Waals surface area contributed by atoms with E-state index in [2.05, 4.69) is 105 Å². The molecule has 1 fully saturated rings. The van der Waals surface area contributed by atoms with Gasteiger partial charge in [0.25, 0.3) is 17.7 Å². The van der Waals surface area contributed by atoms with Crippen LogP contribution in [0.1, 0.15) is 119 Å². The Hall–Kier alpha value is -7.72. The lowest BCUT2D eigenvalue weighted by Crippen LogP contribution is -2.50. The molecular weight excluding hydrogens is 1230 g/mol. The zero-order valence-corrected chi connectivity index (χ0v) is 54.5. The summed E-state index contributed by atoms with van der Waals surface area (Å²) in [4.78, 5) is 140. The molecule has 502 valence electrons. The van der Waals surface area contributed by atoms with Crippen LogP contribution in [0.5, 0.6) is 0 Å². The molecule has 0 bridgehead atoms. The number of imide groups is 1. The van der Waals surface area contributed by atoms with Crippen molar-refractivity contribution in [2.24, 2.45) is 0 Å². The number of anilines is 1. The number of nitrogens with one attached hydrogen (secondary N) is 5. The Balaban J connectivity index is 0.899. The van der Waals surface area contributed by atoms with Gasteiger partial charge in [-0.05, 0) is 130 Å². The fourth-order valence-electron chi connectivity index (χ4n) is 11.1. The van der Waals surface area contributed by atoms with E-state index in [9.17, 15) is 70.5 Å². The summed E-state index contributed by atoms with van der Waals surface area (Å²) in [5.74, 6) is -5.96. The number of unbranched alkanes of at least 4 members (excludes halogenated alkanes) is 3. The number of carbonyl (C=O) groups is 9. The lowest BCUT2D eigenvalue weighted by Gasteiger charge is -2.35. The minimum atomic E-state index is -5.06. The molecule has 7 N–H and O–H groups in total. The summed E-state index contributed by atoms with van der Waals surface area (Å²) in [5, 5.41) is 12.2. The molecule has 2 aliphatic carbocycles. The molecule has 4 aliphatic rings. The molecule has 6 rings (SSSR count). The second kappa shape index (κ2) is 35.9. The van der Waals surface area contributed by atoms with Gasteiger partial charge in [0.15, 0.2) is 5.71 Å². The third kappa shape index (κ3) is 22.5. The molecule has 2 heterocycles. The van der Waals surface area contributed by atoms with Crippen molar-refractivity contribution in [3.05, 3.63) is 106 Å². The van der Waals surface area contributed by atoms with Crippen LogP contribution in [0.2, 0.25) is 0 Å². The van der Waals surface area contributed by atoms with E-state index >= 15 is 0 Å². The maximum absolute atomic E-state index is 14.6. The zero-order valence-electron chi connectivity index (χ0n) is 52.8. The highest BCUT2D eigenvalue weighted by atomic mass is 32.2. The number of nitrogens with zero attached hydrogens (tertiary/aromatic N) is 5. The second-order valence-corrected chi connectivity index (χ2v) is 25.1. The number of amides is 9. The monoisotopic (exact) mass is 1320 g/mol. The third-order valence-electron chi connectivity index (χ3n) is 16.0. The molecule has 0 saturated carbocycles. The first-order valence-electron chi connectivity index (χ1n) is 31.4. The number of carbonyl (C=O) groups excluding carboxylic acids is 9. The van der Waals surface area contributed by atoms with E-state index in [1.807, 2.05) is 24.3 Å². The average Bonchev–Trinajstić information content (AvgIpc) is 0.838. The van der Waals surface area contributed by atoms with Crippen molar-refractivity contribution >= 4 is 88.1 Å². The minimum Gasteiger partial charge on any atom is -0.748 e. The number of allylic oxidation sites excluding steroid dienone is 5. The average molecular weight is 1320 g/mol. The molecule has 27 nitrogen and oxygen atoms in total. The number of fused-ring (bicyclic) bond motifs is 2. The number of piperazine rings is 1. The summed E-state index contributed by atoms with van der Waals surface area (Å²) >= 11 is 0. The van der Waals surface area contributed by atoms with Gasteiger partial charge in [-0.1, -0.05) is 24.3 Å². The van der Waals surface area contributed by atoms with Gasteiger partial charge >= 0.3 is 7.82 Å². The molecule has 2 atom stereocenters. The molecule has 92 heavy (non-hydrogen) atoms. The van der Waals surface area contributed by atoms with Crippen LogP contribution in [0.3, 0.4) is 0 Å². The van der Waals surface area contributed by atoms with Gasteiger partial charge in [0.05, 0.1) is 42.2 Å². The third-order valence-corrected chi connectivity index (χ3v) is 17.2. The quantitative estimate of drug-likeness (QED) is 0.0167. The van der Waals surface area contributed by atoms with Gasteiger partial charge in [-0.3, -0.25) is 52.6 Å². The molecule has 2 aromatic rings. The standard InChI is InChI=1S/C63H87N10O17PS/c1-5-69(6-2)46-23-25-48-44(40-46)39-45-41-47(70(7-3)8-4)24-26-49(45)60(48)50-17-9-10-18-51(50)63(82)72-34-32-71(33-35-72)57(77)22-12-11-20-56(76)68-53(43-92(86,87)88)62(81)66-30-16-14-21-55(75)67-52(42-90-91(83,84)85)61(80)65-29-15-13-19-54(74)64-31-37-89-38-36-73-58(78)27-28-59(73)79/h9-10,17-18,23-28,40-41,52-53H,5-8,11-16,19-22,29-39,42-43H2,1-4H3,(H7-,64,65,66,67,68,74,75,76,80,81,83,84,85,86,87,88). The summed E-state index contributed by atoms with van der Waals surface area (Å²) in [6.07, 6.45) is 10.8. The van der Waals surface area contributed by atoms with Crippen molar-refractivity contribution in [3.63, 3.8) is 0 Å². The van der Waals surface area contributed by atoms with Gasteiger partial charge in [-0.25, -0.2) is 17.6 Å². The van der Waals surface area contributed by atoms with Crippen LogP contribution in [0.4, 0.5) is 5.69 Å². The fourth-order valence-corrected chi connectivity index (χ4v) is 12.1. The Labute approximate surface area is 537 Å². The van der Waals surface area contributed by atoms with Crippen LogP contribution >= 0.6 is 7.82 Å². The van der Waals surface area contributed by atoms with Gasteiger partial charge in [-0.2, -0.15) is 0 Å². The number of hydrogen-bond donors (Lipinski definition) is 7. The van der Waals surface area contributed by atoms with Crippen molar-refractivity contribution in [1.29, 1.82) is 0 Å². The van der Waals surface area contributed by atoms with Crippen LogP contribution in [-0.4, -0.2) is 217 Å². The lowest BCUT2D eigenvalue weighted by atomic mass is 9.76. The van der Waals surface area contributed by atoms with E-state index < -0.39 is 77.8 Å². The molecule has 0 spiro atoms. The highest BCUT2D eigenvalue weighted by Gasteiger charge is 2.33. The van der Waals surface area contributed by atoms with Gasteiger partial charge in [0.2, 0.25) is 35.4 Å². The Bertz CT molecular complexity index is 3320. The fraction of sp³-hybridized carbons (Fsp3) is 0.524. The van der Waals surface area contributed by atoms with E-state index in [4.69, 9.17) is 4.74 Å². The first kappa shape index (κ1) is 73.3. The second-order valence-electron chi connectivity index (χ2n) is 22.4. The van der Waals surface area contributed by atoms with Crippen molar-refractivity contribution in [2.45, 2.75) is 110 Å². The number of phosphoric acid groups is 1. The van der Waals surface area contributed by atoms with Crippen LogP contribution in [0.15, 0.2) is 84.0 Å². The van der Waals surface area contributed by atoms with Crippen LogP contribution in [-0.2, 0) is 68.7 Å². The van der Waals surface area contributed by atoms with E-state index in [0.29, 0.717) is 44.6 Å². The molecule has 1 saturated heterocycles. The van der Waals surface area contributed by atoms with Gasteiger partial charge in [0, 0.05) is 120 Å². The molecule has 29 heteroatoms. The maximum Gasteiger partial charge on any atom is 0.469 e. The minimum absolute atomic E-state index is 0.0312. The normalized spacial score (nSPS) is 15.3. The smallest absolute Gasteiger partial charge is 0.469 e. The summed E-state index contributed by atoms with van der Waals surface area (Å²) in [6.45, 7) is 12.8. The van der Waals surface area contributed by atoms with Crippen LogP contribution < -0.4 is 31.5 Å². The molecular formula is C63H87N10O17PS. The molecule has 0 radical (unpaired) electrons. The van der Waals surface area contributed by atoms with Gasteiger partial charge in [-0.15, -0.1) is 0 Å². The Morgan fingerprint density at radius 1 is 0.696 bits per heavy atom. The number of ether oxygens (including phenoxy) is 1. The number of hydrogen-bond acceptors (Lipinski definition) is 16. The summed E-state index contributed by atoms with van der Waals surface area (Å²) in [5.41, 5.74) is 9.26. The molecule has 2 aromatic carbocycles. The van der Waals surface area contributed by atoms with Crippen LogP contribution in [0.25, 0.3) is 5.57 Å². The highest BCUT2D eigenvalue weighted by Crippen LogP contribution is 2.43. The summed E-state index contributed by atoms with van der Waals surface area (Å²) < 4.78 is 58.9. The number of rotatable bonds is 37. The van der Waals surface area contributed by atoms with Gasteiger partial charge < -0.3 is 60.4 Å². The predicted molar refractivity (Wildman–Crippen MR) is 341 cm³/mol. The lowest BCUT2D eigenvalue weighted by molar-refractivity contribution is -0.519. The first-order valence-corrected chi connectivity index (χ1v) is 34.5. The molecule has 2 unspecified atom stereocenters. The Morgan fingerprint density at radius 2 is 1.28 bits per heavy atom. The summed E-state index contributed by atoms with van der Waals surface area (Å²) in [6, 6.07) is 11.0. The van der Waals surface area contributed by atoms with Crippen molar-refractivity contribution in [3.8, 4) is 0 Å². The van der Waals surface area contributed by atoms with Crippen molar-refractivity contribution in [1.82, 2.24) is 41.3 Å². The first-order chi connectivity index (χ1) is 43.9. The van der Waals surface area contributed by atoms with Crippen LogP contribution in [0, 0.1) is 0 Å². The topological polar surface area (TPSA) is 363 Å². The Kier molecular flexibility index (Phi) is 28.6. The predicted octanol–water partition coefficient (Wildman–Crippen LogP) is 1.98. The highest BCUT2D eigenvalue weighted by molar-refractivity contribution is 7.85. The van der Waals surface area contributed by atoms with E-state index in [0.717, 1.165) is 71.2 Å². The summed E-state index contributed by atoms with van der Waals surface area (Å²) in [7, 11) is -10.1. The number of phosphoric ester groups is 1. The van der Waals surface area contributed by atoms with Gasteiger partial charge in [0.1, 0.15) is 25.2 Å². The largest absolute Gasteiger partial charge is 0.748 e. The van der Waals surface area contributed by atoms with E-state index in [1.165, 1.54) is 23.3 Å². The maximum atomic E-state index is 14.6. The van der Waals surface area contributed by atoms with E-state index in [-0.39, 0.29) is 108 Å². The Morgan fingerprint density at radius 3 is 1.90 bits per heavy atom. The van der Waals surface area contributed by atoms with Crippen molar-refractivity contribution in [2.75, 3.05) is 109 Å². The zero-order chi connectivity index (χ0) is 67.0. The number of benzene rings is 2. The molecule has 2 aliphatic heterocycles. The SMILES string of the molecule is CCN(CC)c1ccc2c(c1)CC1=CC(=[N+](CC)CC)C=CC1=C2c1ccccc1C(=O)N1CCN(C(=O)CCCCC(=O)NC(CS(=O)(=O)[O-])C(=O)NCCCCC(=O)NC(COP(=O)(O)O)C(=O)NCCCCC(=O)NCCOCCN2C(=O)C=CC2=O)CC1. The van der Waals surface area contributed by atoms with E-state index in [1.54, 1.807) is 9.80 Å².